The molecule has 0 heterocycles. The highest BCUT2D eigenvalue weighted by molar-refractivity contribution is 5.91. The number of amides is 2. The maximum absolute atomic E-state index is 12.8. The number of rotatable bonds is 9. The largest absolute Gasteiger partial charge is 0.479 e. The summed E-state index contributed by atoms with van der Waals surface area (Å²) in [6.07, 6.45) is -0.741. The first-order chi connectivity index (χ1) is 15.7. The summed E-state index contributed by atoms with van der Waals surface area (Å²) >= 11 is 0. The monoisotopic (exact) mass is 454 g/mol. The number of methoxy groups -OCH3 is 1. The van der Waals surface area contributed by atoms with E-state index in [0.29, 0.717) is 0 Å². The molecular weight excluding hydrogens is 424 g/mol. The fourth-order valence-electron chi connectivity index (χ4n) is 4.09. The molecule has 33 heavy (non-hydrogen) atoms. The third-order valence-electron chi connectivity index (χ3n) is 5.87. The smallest absolute Gasteiger partial charge is 0.407 e. The Morgan fingerprint density at radius 1 is 1.03 bits per heavy atom. The lowest BCUT2D eigenvalue weighted by Gasteiger charge is -2.29. The van der Waals surface area contributed by atoms with Gasteiger partial charge >= 0.3 is 12.1 Å². The molecule has 3 N–H and O–H groups in total. The van der Waals surface area contributed by atoms with E-state index in [0.717, 1.165) is 22.3 Å². The third kappa shape index (κ3) is 5.17. The second-order valence-corrected chi connectivity index (χ2v) is 8.75. The topological polar surface area (TPSA) is 114 Å². The van der Waals surface area contributed by atoms with Gasteiger partial charge in [-0.05, 0) is 35.1 Å². The molecule has 0 saturated heterocycles. The van der Waals surface area contributed by atoms with Crippen LogP contribution in [0.3, 0.4) is 0 Å². The van der Waals surface area contributed by atoms with Gasteiger partial charge in [-0.1, -0.05) is 62.4 Å². The van der Waals surface area contributed by atoms with E-state index in [1.807, 2.05) is 48.5 Å². The highest BCUT2D eigenvalue weighted by Crippen LogP contribution is 2.44. The molecule has 0 aliphatic heterocycles. The minimum atomic E-state index is -1.62. The van der Waals surface area contributed by atoms with Gasteiger partial charge in [-0.25, -0.2) is 9.59 Å². The van der Waals surface area contributed by atoms with Crippen molar-refractivity contribution in [2.75, 3.05) is 20.3 Å². The molecule has 1 aliphatic rings. The van der Waals surface area contributed by atoms with Crippen molar-refractivity contribution in [2.45, 2.75) is 38.3 Å². The summed E-state index contributed by atoms with van der Waals surface area (Å²) in [6, 6.07) is 15.0. The zero-order chi connectivity index (χ0) is 24.2. The molecule has 2 aromatic carbocycles. The van der Waals surface area contributed by atoms with Crippen LogP contribution < -0.4 is 10.6 Å². The number of aliphatic carboxylic acids is 1. The Morgan fingerprint density at radius 3 is 2.06 bits per heavy atom. The first-order valence-corrected chi connectivity index (χ1v) is 10.8. The number of carbonyl (C=O) groups excluding carboxylic acids is 2. The molecule has 3 rings (SSSR count). The quantitative estimate of drug-likeness (QED) is 0.536. The second-order valence-electron chi connectivity index (χ2n) is 8.75. The molecule has 8 heteroatoms. The highest BCUT2D eigenvalue weighted by Gasteiger charge is 2.38. The Balaban J connectivity index is 1.68. The number of fused-ring (bicyclic) bond motifs is 3. The number of benzene rings is 2. The van der Waals surface area contributed by atoms with Gasteiger partial charge in [0.15, 0.2) is 5.54 Å². The van der Waals surface area contributed by atoms with Crippen LogP contribution in [0.15, 0.2) is 48.5 Å². The van der Waals surface area contributed by atoms with Crippen LogP contribution in [0.25, 0.3) is 11.1 Å². The van der Waals surface area contributed by atoms with E-state index in [1.165, 1.54) is 14.0 Å². The first kappa shape index (κ1) is 24.3. The van der Waals surface area contributed by atoms with E-state index >= 15 is 0 Å². The lowest BCUT2D eigenvalue weighted by Crippen LogP contribution is -2.61. The second kappa shape index (κ2) is 10.0. The zero-order valence-corrected chi connectivity index (χ0v) is 19.3. The molecule has 0 aromatic heterocycles. The molecule has 2 atom stereocenters. The van der Waals surface area contributed by atoms with Crippen molar-refractivity contribution < 1.29 is 29.0 Å². The van der Waals surface area contributed by atoms with Gasteiger partial charge in [0, 0.05) is 13.0 Å². The van der Waals surface area contributed by atoms with Gasteiger partial charge in [0.25, 0.3) is 0 Å². The van der Waals surface area contributed by atoms with Gasteiger partial charge in [-0.15, -0.1) is 0 Å². The number of carboxylic acid groups (broad SMARTS) is 1. The maximum Gasteiger partial charge on any atom is 0.407 e. The van der Waals surface area contributed by atoms with Crippen molar-refractivity contribution in [3.8, 4) is 11.1 Å². The van der Waals surface area contributed by atoms with E-state index < -0.39 is 29.6 Å². The van der Waals surface area contributed by atoms with E-state index in [2.05, 4.69) is 10.6 Å². The number of carbonyl (C=O) groups is 3. The Morgan fingerprint density at radius 2 is 1.58 bits per heavy atom. The van der Waals surface area contributed by atoms with Crippen LogP contribution in [0.2, 0.25) is 0 Å². The van der Waals surface area contributed by atoms with Crippen LogP contribution in [0.5, 0.6) is 0 Å². The molecule has 0 saturated carbocycles. The van der Waals surface area contributed by atoms with Crippen LogP contribution in [-0.4, -0.2) is 55.0 Å². The molecule has 0 fully saturated rings. The summed E-state index contributed by atoms with van der Waals surface area (Å²) in [5.41, 5.74) is 2.78. The summed E-state index contributed by atoms with van der Waals surface area (Å²) in [5.74, 6) is -2.26. The van der Waals surface area contributed by atoms with Gasteiger partial charge in [0.05, 0.1) is 6.61 Å². The van der Waals surface area contributed by atoms with Crippen LogP contribution in [0, 0.1) is 5.92 Å². The van der Waals surface area contributed by atoms with Gasteiger partial charge in [-0.3, -0.25) is 4.79 Å². The van der Waals surface area contributed by atoms with Gasteiger partial charge in [0.2, 0.25) is 5.91 Å². The van der Waals surface area contributed by atoms with Crippen molar-refractivity contribution >= 4 is 18.0 Å². The number of alkyl carbamates (subject to hydrolysis) is 1. The van der Waals surface area contributed by atoms with E-state index in [1.54, 1.807) is 13.8 Å². The third-order valence-corrected chi connectivity index (χ3v) is 5.87. The van der Waals surface area contributed by atoms with Gasteiger partial charge < -0.3 is 25.2 Å². The summed E-state index contributed by atoms with van der Waals surface area (Å²) in [5, 5.41) is 14.5. The minimum Gasteiger partial charge on any atom is -0.479 e. The average Bonchev–Trinajstić information content (AvgIpc) is 3.09. The Kier molecular flexibility index (Phi) is 7.38. The Bertz CT molecular complexity index is 992. The summed E-state index contributed by atoms with van der Waals surface area (Å²) in [6.45, 7) is 4.75. The van der Waals surface area contributed by atoms with Crippen molar-refractivity contribution in [1.82, 2.24) is 10.6 Å². The fraction of sp³-hybridized carbons (Fsp3) is 0.400. The standard InChI is InChI=1S/C25H30N2O6/c1-15(2)21(22(28)27-25(3,14-32-4)23(29)30)26-24(31)33-13-20-18-11-7-5-9-16(18)17-10-6-8-12-19(17)20/h5-12,15,20-21H,13-14H2,1-4H3,(H,26,31)(H,27,28)(H,29,30)/t21-,25?/m0/s1. The molecule has 0 spiro atoms. The van der Waals surface area contributed by atoms with Crippen molar-refractivity contribution in [3.05, 3.63) is 59.7 Å². The Labute approximate surface area is 193 Å². The molecule has 0 radical (unpaired) electrons. The van der Waals surface area contributed by atoms with Crippen LogP contribution in [0.1, 0.15) is 37.8 Å². The van der Waals surface area contributed by atoms with Crippen LogP contribution >= 0.6 is 0 Å². The predicted molar refractivity (Wildman–Crippen MR) is 123 cm³/mol. The Hall–Kier alpha value is -3.39. The summed E-state index contributed by atoms with van der Waals surface area (Å²) in [4.78, 5) is 37.0. The SMILES string of the molecule is COCC(C)(NC(=O)[C@@H](NC(=O)OCC1c2ccccc2-c2ccccc21)C(C)C)C(=O)O. The van der Waals surface area contributed by atoms with Gasteiger partial charge in [0.1, 0.15) is 12.6 Å². The first-order valence-electron chi connectivity index (χ1n) is 10.8. The summed E-state index contributed by atoms with van der Waals surface area (Å²) < 4.78 is 10.5. The number of hydrogen-bond donors (Lipinski definition) is 3. The fourth-order valence-corrected chi connectivity index (χ4v) is 4.09. The minimum absolute atomic E-state index is 0.105. The zero-order valence-electron chi connectivity index (χ0n) is 19.3. The molecule has 1 unspecified atom stereocenters. The van der Waals surface area contributed by atoms with Gasteiger partial charge in [-0.2, -0.15) is 0 Å². The lowest BCUT2D eigenvalue weighted by atomic mass is 9.98. The number of nitrogens with one attached hydrogen (secondary N) is 2. The highest BCUT2D eigenvalue weighted by atomic mass is 16.5. The molecule has 1 aliphatic carbocycles. The van der Waals surface area contributed by atoms with Crippen LogP contribution in [-0.2, 0) is 19.1 Å². The molecule has 8 nitrogen and oxygen atoms in total. The number of ether oxygens (including phenoxy) is 2. The van der Waals surface area contributed by atoms with E-state index in [4.69, 9.17) is 9.47 Å². The number of hydrogen-bond acceptors (Lipinski definition) is 5. The lowest BCUT2D eigenvalue weighted by molar-refractivity contribution is -0.149. The number of carboxylic acids is 1. The molecule has 176 valence electrons. The summed E-state index contributed by atoms with van der Waals surface area (Å²) in [7, 11) is 1.35. The average molecular weight is 455 g/mol. The van der Waals surface area contributed by atoms with E-state index in [9.17, 15) is 19.5 Å². The molecular formula is C25H30N2O6. The van der Waals surface area contributed by atoms with Crippen LogP contribution in [0.4, 0.5) is 4.79 Å². The normalized spacial score (nSPS) is 15.2. The maximum atomic E-state index is 12.8. The molecule has 2 amide bonds. The molecule has 0 bridgehead atoms. The van der Waals surface area contributed by atoms with Crippen molar-refractivity contribution in [3.63, 3.8) is 0 Å². The predicted octanol–water partition coefficient (Wildman–Crippen LogP) is 3.16. The van der Waals surface area contributed by atoms with Crippen molar-refractivity contribution in [1.29, 1.82) is 0 Å². The van der Waals surface area contributed by atoms with E-state index in [-0.39, 0.29) is 25.0 Å². The molecule has 2 aromatic rings. The van der Waals surface area contributed by atoms with Crippen molar-refractivity contribution in [2.24, 2.45) is 5.92 Å².